The molecule has 2 rings (SSSR count). The van der Waals surface area contributed by atoms with Crippen LogP contribution in [0.25, 0.3) is 0 Å². The standard InChI is InChI=1S/C15H26FNO/c1-15(16,11-14-12-18-10-9-17-14)13-7-5-3-2-4-6-8-13/h7,14,17H,2-6,8-12H2,1H3. The van der Waals surface area contributed by atoms with Crippen LogP contribution in [0.5, 0.6) is 0 Å². The summed E-state index contributed by atoms with van der Waals surface area (Å²) in [5.74, 6) is 0. The van der Waals surface area contributed by atoms with Crippen LogP contribution in [0.2, 0.25) is 0 Å². The monoisotopic (exact) mass is 255 g/mol. The van der Waals surface area contributed by atoms with Crippen molar-refractivity contribution in [2.75, 3.05) is 19.8 Å². The summed E-state index contributed by atoms with van der Waals surface area (Å²) in [4.78, 5) is 0. The molecule has 1 N–H and O–H groups in total. The Labute approximate surface area is 110 Å². The molecule has 1 aliphatic carbocycles. The predicted octanol–water partition coefficient (Wildman–Crippen LogP) is 3.37. The molecule has 1 fully saturated rings. The van der Waals surface area contributed by atoms with E-state index in [-0.39, 0.29) is 6.04 Å². The molecule has 0 bridgehead atoms. The van der Waals surface area contributed by atoms with Gasteiger partial charge < -0.3 is 10.1 Å². The Morgan fingerprint density at radius 1 is 1.39 bits per heavy atom. The lowest BCUT2D eigenvalue weighted by molar-refractivity contribution is 0.0552. The third-order valence-electron chi connectivity index (χ3n) is 4.09. The fourth-order valence-corrected chi connectivity index (χ4v) is 3.01. The minimum atomic E-state index is -1.17. The van der Waals surface area contributed by atoms with Crippen LogP contribution in [-0.4, -0.2) is 31.5 Å². The molecule has 18 heavy (non-hydrogen) atoms. The third-order valence-corrected chi connectivity index (χ3v) is 4.09. The van der Waals surface area contributed by atoms with Gasteiger partial charge in [0.15, 0.2) is 0 Å². The SMILES string of the molecule is CC(F)(CC1COCCN1)C1=CCCCCCC1. The fraction of sp³-hybridized carbons (Fsp3) is 0.867. The van der Waals surface area contributed by atoms with Gasteiger partial charge in [-0.05, 0) is 38.2 Å². The van der Waals surface area contributed by atoms with Crippen molar-refractivity contribution < 1.29 is 9.13 Å². The minimum Gasteiger partial charge on any atom is -0.379 e. The van der Waals surface area contributed by atoms with Crippen LogP contribution in [-0.2, 0) is 4.74 Å². The van der Waals surface area contributed by atoms with Crippen molar-refractivity contribution in [3.05, 3.63) is 11.6 Å². The van der Waals surface area contributed by atoms with E-state index in [1.165, 1.54) is 19.3 Å². The Morgan fingerprint density at radius 3 is 3.00 bits per heavy atom. The highest BCUT2D eigenvalue weighted by atomic mass is 19.1. The molecule has 0 radical (unpaired) electrons. The summed E-state index contributed by atoms with van der Waals surface area (Å²) in [5.41, 5.74) is -0.148. The quantitative estimate of drug-likeness (QED) is 0.781. The number of hydrogen-bond acceptors (Lipinski definition) is 2. The number of ether oxygens (including phenoxy) is 1. The average molecular weight is 255 g/mol. The summed E-state index contributed by atoms with van der Waals surface area (Å²) < 4.78 is 20.3. The van der Waals surface area contributed by atoms with Crippen LogP contribution in [0.1, 0.15) is 51.9 Å². The van der Waals surface area contributed by atoms with Gasteiger partial charge in [-0.3, -0.25) is 0 Å². The first-order chi connectivity index (χ1) is 8.68. The minimum absolute atomic E-state index is 0.167. The number of rotatable bonds is 3. The van der Waals surface area contributed by atoms with Gasteiger partial charge >= 0.3 is 0 Å². The third kappa shape index (κ3) is 4.06. The molecule has 0 amide bonds. The van der Waals surface area contributed by atoms with Crippen molar-refractivity contribution in [2.24, 2.45) is 0 Å². The van der Waals surface area contributed by atoms with Crippen LogP contribution in [0, 0.1) is 0 Å². The van der Waals surface area contributed by atoms with Crippen LogP contribution in [0.15, 0.2) is 11.6 Å². The molecule has 3 heteroatoms. The van der Waals surface area contributed by atoms with E-state index in [1.54, 1.807) is 6.92 Å². The van der Waals surface area contributed by atoms with Crippen LogP contribution < -0.4 is 5.32 Å². The first kappa shape index (κ1) is 14.0. The van der Waals surface area contributed by atoms with Gasteiger partial charge in [-0.2, -0.15) is 0 Å². The van der Waals surface area contributed by atoms with Gasteiger partial charge in [0.2, 0.25) is 0 Å². The molecule has 0 aromatic heterocycles. The second kappa shape index (κ2) is 6.67. The van der Waals surface area contributed by atoms with Crippen molar-refractivity contribution in [1.82, 2.24) is 5.32 Å². The van der Waals surface area contributed by atoms with Crippen molar-refractivity contribution in [1.29, 1.82) is 0 Å². The van der Waals surface area contributed by atoms with Crippen LogP contribution in [0.3, 0.4) is 0 Å². The molecule has 2 nitrogen and oxygen atoms in total. The molecule has 1 aliphatic heterocycles. The molecule has 0 aromatic rings. The Morgan fingerprint density at radius 2 is 2.22 bits per heavy atom. The molecular formula is C15H26FNO. The van der Waals surface area contributed by atoms with Gasteiger partial charge in [0.1, 0.15) is 5.67 Å². The van der Waals surface area contributed by atoms with Gasteiger partial charge in [0.25, 0.3) is 0 Å². The second-order valence-electron chi connectivity index (χ2n) is 5.81. The summed E-state index contributed by atoms with van der Waals surface area (Å²) >= 11 is 0. The highest BCUT2D eigenvalue weighted by Gasteiger charge is 2.32. The van der Waals surface area contributed by atoms with E-state index in [9.17, 15) is 4.39 Å². The second-order valence-corrected chi connectivity index (χ2v) is 5.81. The van der Waals surface area contributed by atoms with E-state index in [0.717, 1.165) is 38.0 Å². The molecular weight excluding hydrogens is 229 g/mol. The molecule has 104 valence electrons. The molecule has 2 atom stereocenters. The van der Waals surface area contributed by atoms with Crippen LogP contribution in [0.4, 0.5) is 4.39 Å². The van der Waals surface area contributed by atoms with Gasteiger partial charge in [-0.15, -0.1) is 0 Å². The zero-order valence-electron chi connectivity index (χ0n) is 11.5. The maximum Gasteiger partial charge on any atom is 0.130 e. The number of halogens is 1. The summed E-state index contributed by atoms with van der Waals surface area (Å²) in [6.45, 7) is 3.99. The summed E-state index contributed by atoms with van der Waals surface area (Å²) in [6, 6.07) is 0.167. The predicted molar refractivity (Wildman–Crippen MR) is 72.5 cm³/mol. The number of hydrogen-bond donors (Lipinski definition) is 1. The van der Waals surface area contributed by atoms with E-state index in [2.05, 4.69) is 11.4 Å². The van der Waals surface area contributed by atoms with Gasteiger partial charge in [-0.25, -0.2) is 4.39 Å². The Balaban J connectivity index is 1.94. The molecule has 1 heterocycles. The number of morpholine rings is 1. The largest absolute Gasteiger partial charge is 0.379 e. The van der Waals surface area contributed by atoms with E-state index in [4.69, 9.17) is 4.74 Å². The highest BCUT2D eigenvalue weighted by Crippen LogP contribution is 2.33. The Kier molecular flexibility index (Phi) is 5.19. The Bertz CT molecular complexity index is 282. The zero-order valence-corrected chi connectivity index (χ0v) is 11.5. The van der Waals surface area contributed by atoms with E-state index < -0.39 is 5.67 Å². The lowest BCUT2D eigenvalue weighted by atomic mass is 9.85. The smallest absolute Gasteiger partial charge is 0.130 e. The molecule has 0 spiro atoms. The van der Waals surface area contributed by atoms with Crippen molar-refractivity contribution in [3.63, 3.8) is 0 Å². The topological polar surface area (TPSA) is 21.3 Å². The van der Waals surface area contributed by atoms with Gasteiger partial charge in [0.05, 0.1) is 13.2 Å². The van der Waals surface area contributed by atoms with E-state index in [1.807, 2.05) is 0 Å². The summed E-state index contributed by atoms with van der Waals surface area (Å²) in [5, 5.41) is 3.35. The molecule has 0 aromatic carbocycles. The van der Waals surface area contributed by atoms with E-state index in [0.29, 0.717) is 13.0 Å². The van der Waals surface area contributed by atoms with Crippen molar-refractivity contribution in [3.8, 4) is 0 Å². The number of alkyl halides is 1. The van der Waals surface area contributed by atoms with Gasteiger partial charge in [-0.1, -0.05) is 18.9 Å². The first-order valence-electron chi connectivity index (χ1n) is 7.38. The maximum atomic E-state index is 14.9. The maximum absolute atomic E-state index is 14.9. The number of nitrogens with one attached hydrogen (secondary N) is 1. The van der Waals surface area contributed by atoms with E-state index >= 15 is 0 Å². The molecule has 1 saturated heterocycles. The molecule has 2 unspecified atom stereocenters. The summed E-state index contributed by atoms with van der Waals surface area (Å²) in [6.07, 6.45) is 9.57. The normalized spacial score (nSPS) is 29.9. The average Bonchev–Trinajstić information content (AvgIpc) is 2.28. The lowest BCUT2D eigenvalue weighted by Crippen LogP contribution is -2.45. The molecule has 2 aliphatic rings. The van der Waals surface area contributed by atoms with Gasteiger partial charge in [0, 0.05) is 19.0 Å². The highest BCUT2D eigenvalue weighted by molar-refractivity contribution is 5.17. The fourth-order valence-electron chi connectivity index (χ4n) is 3.01. The van der Waals surface area contributed by atoms with Crippen molar-refractivity contribution in [2.45, 2.75) is 63.6 Å². The van der Waals surface area contributed by atoms with Crippen LogP contribution >= 0.6 is 0 Å². The number of allylic oxidation sites excluding steroid dienone is 2. The molecule has 0 saturated carbocycles. The Hall–Kier alpha value is -0.410. The lowest BCUT2D eigenvalue weighted by Gasteiger charge is -2.32. The van der Waals surface area contributed by atoms with Crippen molar-refractivity contribution >= 4 is 0 Å². The zero-order chi connectivity index (χ0) is 12.8. The first-order valence-corrected chi connectivity index (χ1v) is 7.38. The summed E-state index contributed by atoms with van der Waals surface area (Å²) in [7, 11) is 0.